The van der Waals surface area contributed by atoms with Gasteiger partial charge in [-0.25, -0.2) is 0 Å². The van der Waals surface area contributed by atoms with Crippen molar-refractivity contribution >= 4 is 5.57 Å². The van der Waals surface area contributed by atoms with Crippen LogP contribution in [0, 0.1) is 0 Å². The molecular formula is C15H17N. The van der Waals surface area contributed by atoms with Crippen molar-refractivity contribution in [3.8, 4) is 0 Å². The van der Waals surface area contributed by atoms with Crippen LogP contribution in [0.1, 0.15) is 12.0 Å². The molecule has 2 rings (SSSR count). The van der Waals surface area contributed by atoms with Gasteiger partial charge in [-0.05, 0) is 5.56 Å². The smallest absolute Gasteiger partial charge is 0.0245 e. The summed E-state index contributed by atoms with van der Waals surface area (Å²) in [6, 6.07) is 10.5. The Morgan fingerprint density at radius 2 is 1.75 bits per heavy atom. The standard InChI is InChI=1S/C15H17N/c1-16(2)15-12-8-4-7-11-14(15)13-9-5-3-6-10-13/h3-11H,12H2,1-2H3. The Balaban J connectivity index is 2.49. The van der Waals surface area contributed by atoms with Crippen LogP contribution in [0.25, 0.3) is 5.57 Å². The molecule has 1 aliphatic rings. The van der Waals surface area contributed by atoms with Gasteiger partial charge in [-0.2, -0.15) is 0 Å². The van der Waals surface area contributed by atoms with Crippen LogP contribution < -0.4 is 0 Å². The van der Waals surface area contributed by atoms with E-state index in [1.54, 1.807) is 0 Å². The van der Waals surface area contributed by atoms with Gasteiger partial charge in [0.25, 0.3) is 0 Å². The molecule has 1 aliphatic carbocycles. The zero-order valence-electron chi connectivity index (χ0n) is 9.85. The summed E-state index contributed by atoms with van der Waals surface area (Å²) in [5, 5.41) is 0. The third-order valence-corrected chi connectivity index (χ3v) is 2.76. The lowest BCUT2D eigenvalue weighted by Gasteiger charge is -2.19. The Labute approximate surface area is 97.4 Å². The Hall–Kier alpha value is -1.76. The Bertz CT molecular complexity index is 436. The van der Waals surface area contributed by atoms with Gasteiger partial charge < -0.3 is 4.90 Å². The third kappa shape index (κ3) is 2.25. The van der Waals surface area contributed by atoms with E-state index in [9.17, 15) is 0 Å². The molecule has 82 valence electrons. The predicted octanol–water partition coefficient (Wildman–Crippen LogP) is 3.48. The van der Waals surface area contributed by atoms with Crippen molar-refractivity contribution < 1.29 is 0 Å². The molecule has 0 aliphatic heterocycles. The average Bonchev–Trinajstić information content (AvgIpc) is 2.55. The molecule has 0 radical (unpaired) electrons. The molecule has 1 aromatic carbocycles. The van der Waals surface area contributed by atoms with E-state index >= 15 is 0 Å². The highest BCUT2D eigenvalue weighted by Gasteiger charge is 2.08. The van der Waals surface area contributed by atoms with E-state index in [0.717, 1.165) is 6.42 Å². The van der Waals surface area contributed by atoms with Crippen LogP contribution in [0.4, 0.5) is 0 Å². The molecule has 0 spiro atoms. The molecule has 16 heavy (non-hydrogen) atoms. The first kappa shape index (κ1) is 10.7. The largest absolute Gasteiger partial charge is 0.380 e. The van der Waals surface area contributed by atoms with E-state index in [1.165, 1.54) is 16.8 Å². The fourth-order valence-electron chi connectivity index (χ4n) is 1.92. The van der Waals surface area contributed by atoms with Gasteiger partial charge in [0, 0.05) is 31.8 Å². The maximum absolute atomic E-state index is 2.20. The van der Waals surface area contributed by atoms with Crippen molar-refractivity contribution in [1.82, 2.24) is 4.90 Å². The molecule has 0 saturated heterocycles. The Morgan fingerprint density at radius 1 is 1.00 bits per heavy atom. The van der Waals surface area contributed by atoms with Gasteiger partial charge in [-0.1, -0.05) is 54.6 Å². The van der Waals surface area contributed by atoms with Gasteiger partial charge in [0.1, 0.15) is 0 Å². The average molecular weight is 211 g/mol. The van der Waals surface area contributed by atoms with Gasteiger partial charge in [0.15, 0.2) is 0 Å². The van der Waals surface area contributed by atoms with E-state index in [1.807, 2.05) is 0 Å². The number of benzene rings is 1. The molecule has 0 amide bonds. The molecule has 1 aromatic rings. The topological polar surface area (TPSA) is 3.24 Å². The van der Waals surface area contributed by atoms with Crippen LogP contribution in [0.15, 0.2) is 60.3 Å². The minimum atomic E-state index is 0.990. The second-order valence-corrected chi connectivity index (χ2v) is 4.11. The molecule has 0 bridgehead atoms. The molecule has 0 N–H and O–H groups in total. The summed E-state index contributed by atoms with van der Waals surface area (Å²) in [7, 11) is 4.20. The minimum absolute atomic E-state index is 0.990. The zero-order chi connectivity index (χ0) is 11.4. The van der Waals surface area contributed by atoms with Crippen LogP contribution in [0.5, 0.6) is 0 Å². The first-order valence-corrected chi connectivity index (χ1v) is 5.58. The molecule has 0 saturated carbocycles. The summed E-state index contributed by atoms with van der Waals surface area (Å²) in [6.07, 6.45) is 9.60. The van der Waals surface area contributed by atoms with Crippen LogP contribution >= 0.6 is 0 Å². The SMILES string of the molecule is CN(C)C1=C(c2ccccc2)C=CC=CC1. The lowest BCUT2D eigenvalue weighted by atomic mass is 10.0. The molecule has 0 aromatic heterocycles. The van der Waals surface area contributed by atoms with E-state index < -0.39 is 0 Å². The maximum atomic E-state index is 2.20. The molecule has 1 nitrogen and oxygen atoms in total. The lowest BCUT2D eigenvalue weighted by Crippen LogP contribution is -2.12. The van der Waals surface area contributed by atoms with Crippen molar-refractivity contribution in [3.05, 3.63) is 65.9 Å². The normalized spacial score (nSPS) is 15.1. The van der Waals surface area contributed by atoms with Crippen molar-refractivity contribution in [1.29, 1.82) is 0 Å². The highest BCUT2D eigenvalue weighted by Crippen LogP contribution is 2.25. The van der Waals surface area contributed by atoms with Crippen LogP contribution in [0.3, 0.4) is 0 Å². The first-order valence-electron chi connectivity index (χ1n) is 5.58. The maximum Gasteiger partial charge on any atom is 0.0245 e. The van der Waals surface area contributed by atoms with Gasteiger partial charge in [0.05, 0.1) is 0 Å². The van der Waals surface area contributed by atoms with Crippen molar-refractivity contribution in [2.45, 2.75) is 6.42 Å². The fraction of sp³-hybridized carbons (Fsp3) is 0.200. The van der Waals surface area contributed by atoms with Gasteiger partial charge in [-0.3, -0.25) is 0 Å². The summed E-state index contributed by atoms with van der Waals surface area (Å²) in [5.41, 5.74) is 3.96. The summed E-state index contributed by atoms with van der Waals surface area (Å²) >= 11 is 0. The second-order valence-electron chi connectivity index (χ2n) is 4.11. The quantitative estimate of drug-likeness (QED) is 0.724. The van der Waals surface area contributed by atoms with Crippen LogP contribution in [-0.4, -0.2) is 19.0 Å². The second kappa shape index (κ2) is 4.84. The summed E-state index contributed by atoms with van der Waals surface area (Å²) in [6.45, 7) is 0. The van der Waals surface area contributed by atoms with Crippen molar-refractivity contribution in [3.63, 3.8) is 0 Å². The number of hydrogen-bond acceptors (Lipinski definition) is 1. The molecule has 0 heterocycles. The number of hydrogen-bond donors (Lipinski definition) is 0. The van der Waals surface area contributed by atoms with Gasteiger partial charge in [-0.15, -0.1) is 0 Å². The highest BCUT2D eigenvalue weighted by molar-refractivity contribution is 5.77. The van der Waals surface area contributed by atoms with Gasteiger partial charge in [0.2, 0.25) is 0 Å². The van der Waals surface area contributed by atoms with Crippen molar-refractivity contribution in [2.24, 2.45) is 0 Å². The summed E-state index contributed by atoms with van der Waals surface area (Å²) in [5.74, 6) is 0. The molecular weight excluding hydrogens is 194 g/mol. The summed E-state index contributed by atoms with van der Waals surface area (Å²) < 4.78 is 0. The Morgan fingerprint density at radius 3 is 2.44 bits per heavy atom. The van der Waals surface area contributed by atoms with Gasteiger partial charge >= 0.3 is 0 Å². The lowest BCUT2D eigenvalue weighted by molar-refractivity contribution is 0.504. The highest BCUT2D eigenvalue weighted by atomic mass is 15.1. The first-order chi connectivity index (χ1) is 7.79. The predicted molar refractivity (Wildman–Crippen MR) is 69.9 cm³/mol. The van der Waals surface area contributed by atoms with Crippen molar-refractivity contribution in [2.75, 3.05) is 14.1 Å². The number of allylic oxidation sites excluding steroid dienone is 5. The van der Waals surface area contributed by atoms with E-state index in [-0.39, 0.29) is 0 Å². The fourth-order valence-corrected chi connectivity index (χ4v) is 1.92. The molecule has 0 fully saturated rings. The summed E-state index contributed by atoms with van der Waals surface area (Å²) in [4.78, 5) is 2.20. The molecule has 0 atom stereocenters. The molecule has 1 heteroatoms. The van der Waals surface area contributed by atoms with E-state index in [0.29, 0.717) is 0 Å². The third-order valence-electron chi connectivity index (χ3n) is 2.76. The van der Waals surface area contributed by atoms with E-state index in [4.69, 9.17) is 0 Å². The Kier molecular flexibility index (Phi) is 3.25. The number of nitrogens with zero attached hydrogens (tertiary/aromatic N) is 1. The monoisotopic (exact) mass is 211 g/mol. The molecule has 0 unspecified atom stereocenters. The van der Waals surface area contributed by atoms with Crippen LogP contribution in [-0.2, 0) is 0 Å². The van der Waals surface area contributed by atoms with E-state index in [2.05, 4.69) is 73.6 Å². The number of rotatable bonds is 2. The van der Waals surface area contributed by atoms with Crippen LogP contribution in [0.2, 0.25) is 0 Å². The zero-order valence-corrected chi connectivity index (χ0v) is 9.85. The minimum Gasteiger partial charge on any atom is -0.380 e.